The normalized spacial score (nSPS) is 27.6. The maximum absolute atomic E-state index is 3.69. The molecule has 1 aromatic carbocycles. The molecule has 1 aliphatic rings. The van der Waals surface area contributed by atoms with E-state index in [1.807, 2.05) is 0 Å². The number of halogens is 2. The van der Waals surface area contributed by atoms with E-state index in [2.05, 4.69) is 81.0 Å². The van der Waals surface area contributed by atoms with Gasteiger partial charge < -0.3 is 10.2 Å². The molecule has 0 saturated carbocycles. The third-order valence-corrected chi connectivity index (χ3v) is 5.54. The second-order valence-corrected chi connectivity index (χ2v) is 7.02. The van der Waals surface area contributed by atoms with Gasteiger partial charge in [0.25, 0.3) is 0 Å². The minimum atomic E-state index is 0.535. The van der Waals surface area contributed by atoms with Crippen LogP contribution in [-0.4, -0.2) is 25.2 Å². The zero-order chi connectivity index (χ0) is 14.0. The van der Waals surface area contributed by atoms with Crippen molar-refractivity contribution in [3.63, 3.8) is 0 Å². The van der Waals surface area contributed by atoms with Crippen molar-refractivity contribution in [2.75, 3.05) is 18.0 Å². The van der Waals surface area contributed by atoms with E-state index in [1.165, 1.54) is 21.1 Å². The van der Waals surface area contributed by atoms with Crippen LogP contribution in [0.4, 0.5) is 5.69 Å². The van der Waals surface area contributed by atoms with Crippen LogP contribution >= 0.6 is 31.9 Å². The van der Waals surface area contributed by atoms with Gasteiger partial charge in [-0.2, -0.15) is 0 Å². The van der Waals surface area contributed by atoms with E-state index in [0.717, 1.165) is 13.1 Å². The van der Waals surface area contributed by atoms with Gasteiger partial charge in [-0.15, -0.1) is 0 Å². The minimum Gasteiger partial charge on any atom is -0.367 e. The molecule has 0 radical (unpaired) electrons. The summed E-state index contributed by atoms with van der Waals surface area (Å²) in [7, 11) is 0. The largest absolute Gasteiger partial charge is 0.367 e. The fraction of sp³-hybridized carbons (Fsp3) is 0.600. The van der Waals surface area contributed by atoms with Crippen molar-refractivity contribution >= 4 is 37.5 Å². The maximum atomic E-state index is 3.69. The molecule has 3 unspecified atom stereocenters. The first-order chi connectivity index (χ1) is 9.06. The predicted octanol–water partition coefficient (Wildman–Crippen LogP) is 4.42. The molecule has 2 rings (SSSR count). The van der Waals surface area contributed by atoms with Crippen LogP contribution in [0.2, 0.25) is 0 Å². The lowest BCUT2D eigenvalue weighted by atomic mass is 9.86. The topological polar surface area (TPSA) is 15.3 Å². The summed E-state index contributed by atoms with van der Waals surface area (Å²) in [4.78, 5) is 2.52. The molecule has 19 heavy (non-hydrogen) atoms. The van der Waals surface area contributed by atoms with Gasteiger partial charge in [0, 0.05) is 27.6 Å². The summed E-state index contributed by atoms with van der Waals surface area (Å²) >= 11 is 7.38. The van der Waals surface area contributed by atoms with Crippen LogP contribution in [0, 0.1) is 5.92 Å². The highest BCUT2D eigenvalue weighted by molar-refractivity contribution is 9.11. The first-order valence-corrected chi connectivity index (χ1v) is 8.58. The molecule has 0 spiro atoms. The van der Waals surface area contributed by atoms with Crippen LogP contribution in [0.25, 0.3) is 0 Å². The van der Waals surface area contributed by atoms with E-state index in [1.54, 1.807) is 0 Å². The van der Waals surface area contributed by atoms with Crippen LogP contribution in [0.5, 0.6) is 0 Å². The molecule has 4 heteroatoms. The average molecular weight is 390 g/mol. The first kappa shape index (κ1) is 15.3. The summed E-state index contributed by atoms with van der Waals surface area (Å²) in [6.45, 7) is 9.04. The number of benzene rings is 1. The number of para-hydroxylation sites is 1. The van der Waals surface area contributed by atoms with E-state index in [4.69, 9.17) is 0 Å². The quantitative estimate of drug-likeness (QED) is 0.822. The Morgan fingerprint density at radius 2 is 1.89 bits per heavy atom. The molecule has 0 aliphatic carbocycles. The van der Waals surface area contributed by atoms with Crippen molar-refractivity contribution in [1.82, 2.24) is 5.32 Å². The summed E-state index contributed by atoms with van der Waals surface area (Å²) in [5.41, 5.74) is 1.29. The lowest BCUT2D eigenvalue weighted by Crippen LogP contribution is -2.53. The smallest absolute Gasteiger partial charge is 0.0657 e. The van der Waals surface area contributed by atoms with Gasteiger partial charge in [0.1, 0.15) is 0 Å². The Hall–Kier alpha value is -0.0600. The molecule has 3 atom stereocenters. The number of hydrogen-bond donors (Lipinski definition) is 1. The summed E-state index contributed by atoms with van der Waals surface area (Å²) in [5.74, 6) is 0.646. The van der Waals surface area contributed by atoms with Gasteiger partial charge in [0.2, 0.25) is 0 Å². The standard InChI is InChI=1S/C15H22Br2N2/c1-4-18-14-8-9-19(11(3)10(14)2)15-12(16)6-5-7-13(15)17/h5-7,10-11,14,18H,4,8-9H2,1-3H3. The predicted molar refractivity (Wildman–Crippen MR) is 89.9 cm³/mol. The zero-order valence-corrected chi connectivity index (χ0v) is 15.0. The number of nitrogens with one attached hydrogen (secondary N) is 1. The maximum Gasteiger partial charge on any atom is 0.0657 e. The number of nitrogens with zero attached hydrogens (tertiary/aromatic N) is 1. The van der Waals surface area contributed by atoms with Gasteiger partial charge in [-0.05, 0) is 69.8 Å². The Morgan fingerprint density at radius 1 is 1.26 bits per heavy atom. The van der Waals surface area contributed by atoms with Crippen LogP contribution in [0.3, 0.4) is 0 Å². The SMILES string of the molecule is CCNC1CCN(c2c(Br)cccc2Br)C(C)C1C. The van der Waals surface area contributed by atoms with E-state index < -0.39 is 0 Å². The number of hydrogen-bond acceptors (Lipinski definition) is 2. The van der Waals surface area contributed by atoms with Gasteiger partial charge in [0.05, 0.1) is 5.69 Å². The minimum absolute atomic E-state index is 0.535. The van der Waals surface area contributed by atoms with Crippen molar-refractivity contribution in [1.29, 1.82) is 0 Å². The third-order valence-electron chi connectivity index (χ3n) is 4.26. The Kier molecular flexibility index (Phi) is 5.32. The second kappa shape index (κ2) is 6.59. The fourth-order valence-electron chi connectivity index (χ4n) is 2.99. The molecule has 106 valence electrons. The highest BCUT2D eigenvalue weighted by Crippen LogP contribution is 2.38. The third kappa shape index (κ3) is 3.17. The van der Waals surface area contributed by atoms with Gasteiger partial charge in [0.15, 0.2) is 0 Å². The van der Waals surface area contributed by atoms with Crippen LogP contribution in [0.1, 0.15) is 27.2 Å². The molecule has 1 aliphatic heterocycles. The zero-order valence-electron chi connectivity index (χ0n) is 11.8. The Labute approximate surface area is 133 Å². The van der Waals surface area contributed by atoms with Crippen LogP contribution in [0.15, 0.2) is 27.1 Å². The number of piperidine rings is 1. The summed E-state index contributed by atoms with van der Waals surface area (Å²) in [5, 5.41) is 3.62. The monoisotopic (exact) mass is 388 g/mol. The molecule has 0 aromatic heterocycles. The van der Waals surface area contributed by atoms with Gasteiger partial charge >= 0.3 is 0 Å². The van der Waals surface area contributed by atoms with Gasteiger partial charge in [-0.25, -0.2) is 0 Å². The van der Waals surface area contributed by atoms with Crippen molar-refractivity contribution in [3.05, 3.63) is 27.1 Å². The highest BCUT2D eigenvalue weighted by Gasteiger charge is 2.33. The van der Waals surface area contributed by atoms with Crippen LogP contribution < -0.4 is 10.2 Å². The molecule has 0 amide bonds. The number of rotatable bonds is 3. The molecule has 1 aromatic rings. The average Bonchev–Trinajstić information content (AvgIpc) is 2.37. The van der Waals surface area contributed by atoms with Gasteiger partial charge in [-0.3, -0.25) is 0 Å². The molecule has 1 heterocycles. The summed E-state index contributed by atoms with van der Waals surface area (Å²) in [6.07, 6.45) is 1.20. The lowest BCUT2D eigenvalue weighted by molar-refractivity contribution is 0.274. The second-order valence-electron chi connectivity index (χ2n) is 5.32. The summed E-state index contributed by atoms with van der Waals surface area (Å²) in [6, 6.07) is 7.48. The van der Waals surface area contributed by atoms with Crippen molar-refractivity contribution < 1.29 is 0 Å². The molecule has 2 nitrogen and oxygen atoms in total. The highest BCUT2D eigenvalue weighted by atomic mass is 79.9. The molecular weight excluding hydrogens is 368 g/mol. The van der Waals surface area contributed by atoms with E-state index in [0.29, 0.717) is 18.0 Å². The first-order valence-electron chi connectivity index (χ1n) is 7.00. The molecule has 1 saturated heterocycles. The molecule has 1 fully saturated rings. The lowest BCUT2D eigenvalue weighted by Gasteiger charge is -2.45. The van der Waals surface area contributed by atoms with E-state index >= 15 is 0 Å². The Morgan fingerprint density at radius 3 is 2.47 bits per heavy atom. The van der Waals surface area contributed by atoms with Crippen molar-refractivity contribution in [3.8, 4) is 0 Å². The molecule has 0 bridgehead atoms. The Bertz CT molecular complexity index is 416. The van der Waals surface area contributed by atoms with Crippen molar-refractivity contribution in [2.24, 2.45) is 5.92 Å². The fourth-order valence-corrected chi connectivity index (χ4v) is 4.45. The van der Waals surface area contributed by atoms with E-state index in [9.17, 15) is 0 Å². The van der Waals surface area contributed by atoms with Crippen LogP contribution in [-0.2, 0) is 0 Å². The summed E-state index contributed by atoms with van der Waals surface area (Å²) < 4.78 is 2.34. The molecule has 1 N–H and O–H groups in total. The van der Waals surface area contributed by atoms with E-state index in [-0.39, 0.29) is 0 Å². The van der Waals surface area contributed by atoms with Crippen molar-refractivity contribution in [2.45, 2.75) is 39.3 Å². The van der Waals surface area contributed by atoms with Gasteiger partial charge in [-0.1, -0.05) is 19.9 Å². The number of anilines is 1. The Balaban J connectivity index is 2.23. The molecular formula is C15H22Br2N2.